The van der Waals surface area contributed by atoms with E-state index in [0.717, 1.165) is 35.8 Å². The molecular weight excluding hydrogens is 457 g/mol. The van der Waals surface area contributed by atoms with Gasteiger partial charge in [0, 0.05) is 18.1 Å². The summed E-state index contributed by atoms with van der Waals surface area (Å²) in [7, 11) is -3.78. The molecule has 0 aromatic heterocycles. The molecule has 1 fully saturated rings. The van der Waals surface area contributed by atoms with Gasteiger partial charge in [0.15, 0.2) is 0 Å². The first-order valence-corrected chi connectivity index (χ1v) is 12.8. The number of nitrogens with one attached hydrogen (secondary N) is 1. The second-order valence-corrected chi connectivity index (χ2v) is 10.6. The van der Waals surface area contributed by atoms with Gasteiger partial charge >= 0.3 is 0 Å². The molecule has 1 atom stereocenters. The van der Waals surface area contributed by atoms with Gasteiger partial charge in [-0.25, -0.2) is 8.42 Å². The second kappa shape index (κ2) is 10.2. The number of halogens is 2. The molecule has 2 aromatic carbocycles. The number of amides is 1. The molecule has 1 aliphatic heterocycles. The average Bonchev–Trinajstić information content (AvgIpc) is 3.21. The van der Waals surface area contributed by atoms with Crippen LogP contribution in [0.5, 0.6) is 0 Å². The molecule has 0 bridgehead atoms. The van der Waals surface area contributed by atoms with E-state index in [1.807, 2.05) is 12.1 Å². The zero-order valence-electron chi connectivity index (χ0n) is 17.6. The van der Waals surface area contributed by atoms with Crippen LogP contribution in [0.25, 0.3) is 0 Å². The minimum absolute atomic E-state index is 0.173. The Bertz CT molecular complexity index is 1040. The highest BCUT2D eigenvalue weighted by molar-refractivity contribution is 7.92. The number of hydrogen-bond donors (Lipinski definition) is 1. The molecule has 1 N–H and O–H groups in total. The highest BCUT2D eigenvalue weighted by Gasteiger charge is 2.30. The molecule has 3 rings (SSSR count). The van der Waals surface area contributed by atoms with Crippen LogP contribution in [-0.4, -0.2) is 44.6 Å². The Balaban J connectivity index is 1.70. The molecule has 0 spiro atoms. The lowest BCUT2D eigenvalue weighted by Crippen LogP contribution is -2.47. The van der Waals surface area contributed by atoms with Gasteiger partial charge in [0.1, 0.15) is 6.04 Å². The van der Waals surface area contributed by atoms with Crippen molar-refractivity contribution in [3.05, 3.63) is 63.6 Å². The second-order valence-electron chi connectivity index (χ2n) is 7.85. The van der Waals surface area contributed by atoms with Crippen molar-refractivity contribution in [3.8, 4) is 0 Å². The lowest BCUT2D eigenvalue weighted by Gasteiger charge is -2.29. The Morgan fingerprint density at radius 3 is 2.48 bits per heavy atom. The molecule has 0 aliphatic carbocycles. The third-order valence-electron chi connectivity index (χ3n) is 5.30. The standard InChI is InChI=1S/C22H27Cl2N3O3S/c1-16(27(31(2,29)30)21-13-19(23)8-9-20(21)24)22(28)25-14-17-6-5-7-18(12-17)15-26-10-3-4-11-26/h5-9,12-13,16H,3-4,10-11,14-15H2,1-2H3,(H,25,28). The van der Waals surface area contributed by atoms with Crippen molar-refractivity contribution in [2.45, 2.75) is 38.9 Å². The molecule has 0 radical (unpaired) electrons. The number of carbonyl (C=O) groups is 1. The van der Waals surface area contributed by atoms with Crippen LogP contribution in [0, 0.1) is 0 Å². The summed E-state index contributed by atoms with van der Waals surface area (Å²) in [4.78, 5) is 15.3. The van der Waals surface area contributed by atoms with Crippen molar-refractivity contribution < 1.29 is 13.2 Å². The van der Waals surface area contributed by atoms with E-state index in [9.17, 15) is 13.2 Å². The van der Waals surface area contributed by atoms with Crippen LogP contribution >= 0.6 is 23.2 Å². The van der Waals surface area contributed by atoms with E-state index in [1.165, 1.54) is 37.5 Å². The number of benzene rings is 2. The Labute approximate surface area is 194 Å². The summed E-state index contributed by atoms with van der Waals surface area (Å²) in [6.45, 7) is 4.96. The third-order valence-corrected chi connectivity index (χ3v) is 7.08. The van der Waals surface area contributed by atoms with Crippen LogP contribution in [0.4, 0.5) is 5.69 Å². The van der Waals surface area contributed by atoms with Gasteiger partial charge in [-0.3, -0.25) is 14.0 Å². The van der Waals surface area contributed by atoms with Gasteiger partial charge in [0.2, 0.25) is 15.9 Å². The monoisotopic (exact) mass is 483 g/mol. The Hall–Kier alpha value is -1.80. The number of anilines is 1. The van der Waals surface area contributed by atoms with Gasteiger partial charge < -0.3 is 5.32 Å². The fourth-order valence-electron chi connectivity index (χ4n) is 3.81. The number of rotatable bonds is 8. The van der Waals surface area contributed by atoms with Gasteiger partial charge in [-0.05, 0) is 62.2 Å². The van der Waals surface area contributed by atoms with Crippen molar-refractivity contribution in [1.29, 1.82) is 0 Å². The molecular formula is C22H27Cl2N3O3S. The van der Waals surface area contributed by atoms with Crippen molar-refractivity contribution in [1.82, 2.24) is 10.2 Å². The summed E-state index contributed by atoms with van der Waals surface area (Å²) in [5.41, 5.74) is 2.33. The maximum atomic E-state index is 12.8. The van der Waals surface area contributed by atoms with E-state index in [1.54, 1.807) is 6.07 Å². The van der Waals surface area contributed by atoms with E-state index >= 15 is 0 Å². The summed E-state index contributed by atoms with van der Waals surface area (Å²) in [6, 6.07) is 11.6. The van der Waals surface area contributed by atoms with Crippen molar-refractivity contribution >= 4 is 44.8 Å². The SMILES string of the molecule is CC(C(=O)NCc1cccc(CN2CCCC2)c1)N(c1cc(Cl)ccc1Cl)S(C)(=O)=O. The van der Waals surface area contributed by atoms with Gasteiger partial charge in [0.25, 0.3) is 0 Å². The highest BCUT2D eigenvalue weighted by atomic mass is 35.5. The molecule has 1 aliphatic rings. The molecule has 9 heteroatoms. The molecule has 6 nitrogen and oxygen atoms in total. The van der Waals surface area contributed by atoms with Crippen LogP contribution in [0.1, 0.15) is 30.9 Å². The van der Waals surface area contributed by atoms with E-state index in [4.69, 9.17) is 23.2 Å². The molecule has 2 aromatic rings. The van der Waals surface area contributed by atoms with Crippen molar-refractivity contribution in [3.63, 3.8) is 0 Å². The molecule has 168 valence electrons. The first-order valence-electron chi connectivity index (χ1n) is 10.2. The lowest BCUT2D eigenvalue weighted by atomic mass is 10.1. The molecule has 31 heavy (non-hydrogen) atoms. The maximum Gasteiger partial charge on any atom is 0.243 e. The Morgan fingerprint density at radius 1 is 1.13 bits per heavy atom. The Kier molecular flexibility index (Phi) is 7.86. The summed E-state index contributed by atoms with van der Waals surface area (Å²) < 4.78 is 25.9. The van der Waals surface area contributed by atoms with Gasteiger partial charge in [-0.15, -0.1) is 0 Å². The predicted octanol–water partition coefficient (Wildman–Crippen LogP) is 4.06. The predicted molar refractivity (Wildman–Crippen MR) is 126 cm³/mol. The summed E-state index contributed by atoms with van der Waals surface area (Å²) >= 11 is 12.2. The molecule has 1 saturated heterocycles. The van der Waals surface area contributed by atoms with E-state index < -0.39 is 22.0 Å². The number of carbonyl (C=O) groups excluding carboxylic acids is 1. The quantitative estimate of drug-likeness (QED) is 0.614. The molecule has 1 unspecified atom stereocenters. The summed E-state index contributed by atoms with van der Waals surface area (Å²) in [5.74, 6) is -0.425. The number of likely N-dealkylation sites (tertiary alicyclic amines) is 1. The molecule has 0 saturated carbocycles. The maximum absolute atomic E-state index is 12.8. The van der Waals surface area contributed by atoms with Gasteiger partial charge in [-0.2, -0.15) is 0 Å². The minimum Gasteiger partial charge on any atom is -0.350 e. The third kappa shape index (κ3) is 6.35. The smallest absolute Gasteiger partial charge is 0.243 e. The summed E-state index contributed by atoms with van der Waals surface area (Å²) in [6.07, 6.45) is 3.51. The fourth-order valence-corrected chi connectivity index (χ4v) is 5.41. The van der Waals surface area contributed by atoms with E-state index in [-0.39, 0.29) is 10.7 Å². The highest BCUT2D eigenvalue weighted by Crippen LogP contribution is 2.32. The summed E-state index contributed by atoms with van der Waals surface area (Å²) in [5, 5.41) is 3.37. The zero-order valence-corrected chi connectivity index (χ0v) is 20.0. The van der Waals surface area contributed by atoms with Crippen LogP contribution in [-0.2, 0) is 27.9 Å². The lowest BCUT2D eigenvalue weighted by molar-refractivity contribution is -0.122. The zero-order chi connectivity index (χ0) is 22.6. The normalized spacial score (nSPS) is 15.6. The van der Waals surface area contributed by atoms with Crippen LogP contribution in [0.2, 0.25) is 10.0 Å². The minimum atomic E-state index is -3.78. The largest absolute Gasteiger partial charge is 0.350 e. The topological polar surface area (TPSA) is 69.7 Å². The van der Waals surface area contributed by atoms with Crippen LogP contribution in [0.3, 0.4) is 0 Å². The number of nitrogens with zero attached hydrogens (tertiary/aromatic N) is 2. The first-order chi connectivity index (χ1) is 14.6. The number of sulfonamides is 1. The average molecular weight is 484 g/mol. The van der Waals surface area contributed by atoms with Crippen LogP contribution in [0.15, 0.2) is 42.5 Å². The number of hydrogen-bond acceptors (Lipinski definition) is 4. The van der Waals surface area contributed by atoms with Crippen molar-refractivity contribution in [2.75, 3.05) is 23.7 Å². The van der Waals surface area contributed by atoms with Crippen molar-refractivity contribution in [2.24, 2.45) is 0 Å². The van der Waals surface area contributed by atoms with E-state index in [0.29, 0.717) is 11.6 Å². The van der Waals surface area contributed by atoms with E-state index in [2.05, 4.69) is 22.3 Å². The first kappa shape index (κ1) is 23.9. The van der Waals surface area contributed by atoms with Gasteiger partial charge in [0.05, 0.1) is 17.0 Å². The molecule has 1 heterocycles. The molecule has 1 amide bonds. The fraction of sp³-hybridized carbons (Fsp3) is 0.409. The Morgan fingerprint density at radius 2 is 1.81 bits per heavy atom. The van der Waals surface area contributed by atoms with Gasteiger partial charge in [-0.1, -0.05) is 47.5 Å². The van der Waals surface area contributed by atoms with Crippen LogP contribution < -0.4 is 9.62 Å².